The summed E-state index contributed by atoms with van der Waals surface area (Å²) >= 11 is 5.93. The van der Waals surface area contributed by atoms with Gasteiger partial charge in [-0.1, -0.05) is 31.5 Å². The molecule has 3 nitrogen and oxygen atoms in total. The normalized spacial score (nSPS) is 25.2. The Hall–Kier alpha value is -1.06. The Morgan fingerprint density at radius 1 is 1.35 bits per heavy atom. The predicted molar refractivity (Wildman–Crippen MR) is 84.1 cm³/mol. The van der Waals surface area contributed by atoms with E-state index in [0.29, 0.717) is 16.9 Å². The maximum atomic E-state index is 12.3. The summed E-state index contributed by atoms with van der Waals surface area (Å²) in [5.74, 6) is 1.34. The van der Waals surface area contributed by atoms with Crippen LogP contribution < -0.4 is 5.32 Å². The van der Waals surface area contributed by atoms with Crippen molar-refractivity contribution in [3.63, 3.8) is 0 Å². The molecule has 1 heterocycles. The second-order valence-electron chi connectivity index (χ2n) is 6.08. The Kier molecular flexibility index (Phi) is 5.06. The molecule has 20 heavy (non-hydrogen) atoms. The van der Waals surface area contributed by atoms with Crippen LogP contribution in [0.3, 0.4) is 0 Å². The number of halogens is 1. The van der Waals surface area contributed by atoms with Gasteiger partial charge >= 0.3 is 0 Å². The smallest absolute Gasteiger partial charge is 0.241 e. The molecule has 1 aliphatic rings. The standard InChI is InChI=1S/C16H23ClN2O/c1-11-7-12(2)10-19(9-11)13(3)16(20)18-15-6-4-5-14(17)8-15/h4-6,8,11-13H,7,9-10H2,1-3H3,(H,18,20)/t11-,12-,13-/m1/s1. The number of nitrogens with zero attached hydrogens (tertiary/aromatic N) is 1. The van der Waals surface area contributed by atoms with E-state index in [1.54, 1.807) is 12.1 Å². The number of likely N-dealkylation sites (tertiary alicyclic amines) is 1. The summed E-state index contributed by atoms with van der Waals surface area (Å²) in [6, 6.07) is 7.16. The molecule has 2 rings (SSSR count). The molecule has 1 aromatic rings. The SMILES string of the molecule is C[C@@H]1C[C@@H](C)CN([C@H](C)C(=O)Nc2cccc(Cl)c2)C1. The third-order valence-corrected chi connectivity index (χ3v) is 4.15. The van der Waals surface area contributed by atoms with Crippen LogP contribution in [0.15, 0.2) is 24.3 Å². The molecular formula is C16H23ClN2O. The van der Waals surface area contributed by atoms with Gasteiger partial charge in [0.05, 0.1) is 6.04 Å². The average molecular weight is 295 g/mol. The fourth-order valence-electron chi connectivity index (χ4n) is 3.01. The van der Waals surface area contributed by atoms with Crippen molar-refractivity contribution in [2.75, 3.05) is 18.4 Å². The molecule has 0 saturated carbocycles. The van der Waals surface area contributed by atoms with Gasteiger partial charge < -0.3 is 5.32 Å². The van der Waals surface area contributed by atoms with Gasteiger partial charge in [0.2, 0.25) is 5.91 Å². The summed E-state index contributed by atoms with van der Waals surface area (Å²) in [6.45, 7) is 8.47. The molecule has 3 atom stereocenters. The molecule has 1 N–H and O–H groups in total. The van der Waals surface area contributed by atoms with Crippen LogP contribution in [0.25, 0.3) is 0 Å². The van der Waals surface area contributed by atoms with Crippen molar-refractivity contribution < 1.29 is 4.79 Å². The maximum Gasteiger partial charge on any atom is 0.241 e. The summed E-state index contributed by atoms with van der Waals surface area (Å²) in [5.41, 5.74) is 0.757. The number of nitrogens with one attached hydrogen (secondary N) is 1. The minimum Gasteiger partial charge on any atom is -0.325 e. The Morgan fingerprint density at radius 2 is 2.00 bits per heavy atom. The summed E-state index contributed by atoms with van der Waals surface area (Å²) in [6.07, 6.45) is 1.25. The molecule has 1 fully saturated rings. The lowest BCUT2D eigenvalue weighted by Gasteiger charge is -2.38. The summed E-state index contributed by atoms with van der Waals surface area (Å²) in [4.78, 5) is 14.6. The van der Waals surface area contributed by atoms with E-state index in [-0.39, 0.29) is 11.9 Å². The summed E-state index contributed by atoms with van der Waals surface area (Å²) < 4.78 is 0. The first-order valence-corrected chi connectivity index (χ1v) is 7.64. The molecular weight excluding hydrogens is 272 g/mol. The zero-order valence-electron chi connectivity index (χ0n) is 12.4. The van der Waals surface area contributed by atoms with Crippen molar-refractivity contribution in [1.82, 2.24) is 4.90 Å². The molecule has 1 amide bonds. The van der Waals surface area contributed by atoms with Gasteiger partial charge in [-0.3, -0.25) is 9.69 Å². The van der Waals surface area contributed by atoms with E-state index in [4.69, 9.17) is 11.6 Å². The lowest BCUT2D eigenvalue weighted by molar-refractivity contribution is -0.121. The first-order valence-electron chi connectivity index (χ1n) is 7.26. The van der Waals surface area contributed by atoms with Gasteiger partial charge in [0.15, 0.2) is 0 Å². The van der Waals surface area contributed by atoms with Gasteiger partial charge in [-0.15, -0.1) is 0 Å². The summed E-state index contributed by atoms with van der Waals surface area (Å²) in [5, 5.41) is 3.58. The number of benzene rings is 1. The number of piperidine rings is 1. The second kappa shape index (κ2) is 6.59. The van der Waals surface area contributed by atoms with Crippen LogP contribution in [0.5, 0.6) is 0 Å². The molecule has 0 radical (unpaired) electrons. The van der Waals surface area contributed by atoms with Crippen LogP contribution in [0.1, 0.15) is 27.2 Å². The zero-order chi connectivity index (χ0) is 14.7. The van der Waals surface area contributed by atoms with Crippen molar-refractivity contribution in [3.05, 3.63) is 29.3 Å². The number of anilines is 1. The molecule has 0 spiro atoms. The number of carbonyl (C=O) groups is 1. The first-order chi connectivity index (χ1) is 9.45. The highest BCUT2D eigenvalue weighted by atomic mass is 35.5. The monoisotopic (exact) mass is 294 g/mol. The molecule has 0 aromatic heterocycles. The number of hydrogen-bond acceptors (Lipinski definition) is 2. The Morgan fingerprint density at radius 3 is 2.60 bits per heavy atom. The lowest BCUT2D eigenvalue weighted by Crippen LogP contribution is -2.48. The van der Waals surface area contributed by atoms with E-state index >= 15 is 0 Å². The highest BCUT2D eigenvalue weighted by Gasteiger charge is 2.28. The molecule has 0 unspecified atom stereocenters. The third kappa shape index (κ3) is 3.97. The third-order valence-electron chi connectivity index (χ3n) is 3.92. The van der Waals surface area contributed by atoms with Crippen molar-refractivity contribution >= 4 is 23.2 Å². The molecule has 1 aliphatic heterocycles. The Labute approximate surface area is 126 Å². The van der Waals surface area contributed by atoms with Crippen LogP contribution in [0.4, 0.5) is 5.69 Å². The number of amides is 1. The van der Waals surface area contributed by atoms with Crippen LogP contribution >= 0.6 is 11.6 Å². The quantitative estimate of drug-likeness (QED) is 0.923. The van der Waals surface area contributed by atoms with Crippen LogP contribution in [-0.2, 0) is 4.79 Å². The van der Waals surface area contributed by atoms with Crippen molar-refractivity contribution in [1.29, 1.82) is 0 Å². The van der Waals surface area contributed by atoms with Crippen LogP contribution in [0.2, 0.25) is 5.02 Å². The van der Waals surface area contributed by atoms with Crippen molar-refractivity contribution in [3.8, 4) is 0 Å². The van der Waals surface area contributed by atoms with E-state index in [1.807, 2.05) is 19.1 Å². The average Bonchev–Trinajstić information content (AvgIpc) is 2.36. The molecule has 4 heteroatoms. The molecule has 0 bridgehead atoms. The predicted octanol–water partition coefficient (Wildman–Crippen LogP) is 3.64. The van der Waals surface area contributed by atoms with Crippen molar-refractivity contribution in [2.45, 2.75) is 33.2 Å². The van der Waals surface area contributed by atoms with E-state index in [1.165, 1.54) is 6.42 Å². The fraction of sp³-hybridized carbons (Fsp3) is 0.562. The first kappa shape index (κ1) is 15.3. The Bertz CT molecular complexity index is 467. The van der Waals surface area contributed by atoms with Gasteiger partial charge in [0.25, 0.3) is 0 Å². The topological polar surface area (TPSA) is 32.3 Å². The van der Waals surface area contributed by atoms with Gasteiger partial charge in [-0.25, -0.2) is 0 Å². The Balaban J connectivity index is 1.98. The van der Waals surface area contributed by atoms with Crippen LogP contribution in [-0.4, -0.2) is 29.9 Å². The number of rotatable bonds is 3. The molecule has 1 saturated heterocycles. The second-order valence-corrected chi connectivity index (χ2v) is 6.51. The zero-order valence-corrected chi connectivity index (χ0v) is 13.2. The minimum atomic E-state index is -0.112. The maximum absolute atomic E-state index is 12.3. The van der Waals surface area contributed by atoms with Crippen molar-refractivity contribution in [2.24, 2.45) is 11.8 Å². The van der Waals surface area contributed by atoms with Crippen LogP contribution in [0, 0.1) is 11.8 Å². The van der Waals surface area contributed by atoms with E-state index in [9.17, 15) is 4.79 Å². The summed E-state index contributed by atoms with van der Waals surface area (Å²) in [7, 11) is 0. The molecule has 110 valence electrons. The largest absolute Gasteiger partial charge is 0.325 e. The van der Waals surface area contributed by atoms with Gasteiger partial charge in [-0.05, 0) is 43.4 Å². The highest BCUT2D eigenvalue weighted by Crippen LogP contribution is 2.23. The molecule has 0 aliphatic carbocycles. The van der Waals surface area contributed by atoms with Gasteiger partial charge in [0.1, 0.15) is 0 Å². The van der Waals surface area contributed by atoms with Gasteiger partial charge in [-0.2, -0.15) is 0 Å². The van der Waals surface area contributed by atoms with E-state index < -0.39 is 0 Å². The van der Waals surface area contributed by atoms with E-state index in [0.717, 1.165) is 18.8 Å². The molecule has 1 aromatic carbocycles. The van der Waals surface area contributed by atoms with Gasteiger partial charge in [0, 0.05) is 23.8 Å². The lowest BCUT2D eigenvalue weighted by atomic mass is 9.91. The minimum absolute atomic E-state index is 0.0357. The highest BCUT2D eigenvalue weighted by molar-refractivity contribution is 6.30. The number of carbonyl (C=O) groups excluding carboxylic acids is 1. The van der Waals surface area contributed by atoms with E-state index in [2.05, 4.69) is 24.1 Å². The fourth-order valence-corrected chi connectivity index (χ4v) is 3.20. The number of hydrogen-bond donors (Lipinski definition) is 1.